The van der Waals surface area contributed by atoms with E-state index in [-0.39, 0.29) is 22.6 Å². The molecule has 6 heteroatoms. The molecule has 0 aromatic carbocycles. The number of ether oxygens (including phenoxy) is 1. The number of hydrogen-bond donors (Lipinski definition) is 1. The van der Waals surface area contributed by atoms with Crippen molar-refractivity contribution in [2.45, 2.75) is 111 Å². The highest BCUT2D eigenvalue weighted by molar-refractivity contribution is 6.03. The molecule has 0 heterocycles. The largest absolute Gasteiger partial charge is 0.469 e. The number of Topliss-reactive ketones (excluding diaryl/α,β-unsaturated/α-hetero) is 1. The fourth-order valence-electron chi connectivity index (χ4n) is 5.57. The van der Waals surface area contributed by atoms with Crippen LogP contribution in [-0.4, -0.2) is 46.2 Å². The minimum atomic E-state index is -1.13. The van der Waals surface area contributed by atoms with Gasteiger partial charge in [-0.15, -0.1) is 0 Å². The maximum absolute atomic E-state index is 13.5. The lowest BCUT2D eigenvalue weighted by Gasteiger charge is -2.56. The zero-order valence-electron chi connectivity index (χ0n) is 20.0. The normalized spacial score (nSPS) is 31.2. The second-order valence-electron chi connectivity index (χ2n) is 10.2. The molecule has 0 bridgehead atoms. The fraction of sp³-hybridized carbons (Fsp3) is 0.913. The average molecular weight is 429 g/mol. The van der Waals surface area contributed by atoms with E-state index >= 15 is 0 Å². The molecular formula is C23H44O5Si. The number of hydrogen-bond acceptors (Lipinski definition) is 5. The summed E-state index contributed by atoms with van der Waals surface area (Å²) in [6, 6.07) is 0. The summed E-state index contributed by atoms with van der Waals surface area (Å²) in [5.41, 5.74) is -1.91. The van der Waals surface area contributed by atoms with E-state index in [2.05, 4.69) is 46.3 Å². The van der Waals surface area contributed by atoms with Crippen molar-refractivity contribution in [2.24, 2.45) is 16.2 Å². The Balaban J connectivity index is 3.13. The number of aliphatic hydroxyl groups excluding tert-OH is 1. The molecule has 0 aromatic heterocycles. The summed E-state index contributed by atoms with van der Waals surface area (Å²) < 4.78 is 10.8. The SMILES string of the molecule is CCCCC1(C)C(O[SiH3])(C(O)CCCCCC(=O)OC)C(=O)CC1(C)C(C)(C)C. The highest BCUT2D eigenvalue weighted by atomic mass is 28.2. The summed E-state index contributed by atoms with van der Waals surface area (Å²) in [5.74, 6) is -0.144. The molecule has 0 spiro atoms. The highest BCUT2D eigenvalue weighted by Gasteiger charge is 2.72. The maximum atomic E-state index is 13.5. The number of carbonyl (C=O) groups excluding carboxylic acids is 2. The number of esters is 1. The Labute approximate surface area is 180 Å². The summed E-state index contributed by atoms with van der Waals surface area (Å²) in [7, 11) is 1.80. The van der Waals surface area contributed by atoms with E-state index in [4.69, 9.17) is 4.43 Å². The highest BCUT2D eigenvalue weighted by Crippen LogP contribution is 2.67. The van der Waals surface area contributed by atoms with Crippen molar-refractivity contribution in [1.29, 1.82) is 0 Å². The molecular weight excluding hydrogens is 384 g/mol. The van der Waals surface area contributed by atoms with Gasteiger partial charge in [0.2, 0.25) is 0 Å². The molecule has 4 unspecified atom stereocenters. The van der Waals surface area contributed by atoms with Crippen LogP contribution in [0.3, 0.4) is 0 Å². The minimum absolute atomic E-state index is 0.0607. The molecule has 0 aromatic rings. The Morgan fingerprint density at radius 1 is 1.21 bits per heavy atom. The summed E-state index contributed by atoms with van der Waals surface area (Å²) in [6.45, 7) is 13.2. The van der Waals surface area contributed by atoms with Crippen molar-refractivity contribution in [2.75, 3.05) is 7.11 Å². The summed E-state index contributed by atoms with van der Waals surface area (Å²) in [5, 5.41) is 11.3. The molecule has 0 radical (unpaired) electrons. The standard InChI is InChI=1S/C23H44O5Si/c1-8-9-15-21(5)22(6,20(2,3)4)16-18(25)23(21,28-29)17(24)13-11-10-12-14-19(26)27-7/h17,24H,8-16H2,1-7,29H3. The monoisotopic (exact) mass is 428 g/mol. The van der Waals surface area contributed by atoms with Gasteiger partial charge < -0.3 is 14.3 Å². The van der Waals surface area contributed by atoms with Crippen LogP contribution in [0.2, 0.25) is 0 Å². The van der Waals surface area contributed by atoms with Gasteiger partial charge in [-0.1, -0.05) is 67.2 Å². The molecule has 4 atom stereocenters. The van der Waals surface area contributed by atoms with Crippen molar-refractivity contribution >= 4 is 22.2 Å². The first-order valence-corrected chi connectivity index (χ1v) is 12.0. The van der Waals surface area contributed by atoms with Gasteiger partial charge in [-0.2, -0.15) is 0 Å². The predicted molar refractivity (Wildman–Crippen MR) is 120 cm³/mol. The molecule has 170 valence electrons. The molecule has 1 saturated carbocycles. The van der Waals surface area contributed by atoms with Crippen LogP contribution in [0.4, 0.5) is 0 Å². The molecule has 1 rings (SSSR count). The Bertz CT molecular complexity index is 572. The molecule has 1 aliphatic carbocycles. The van der Waals surface area contributed by atoms with Gasteiger partial charge >= 0.3 is 5.97 Å². The molecule has 1 fully saturated rings. The van der Waals surface area contributed by atoms with Crippen LogP contribution in [0.5, 0.6) is 0 Å². The summed E-state index contributed by atoms with van der Waals surface area (Å²) >= 11 is 0. The first-order chi connectivity index (χ1) is 13.4. The van der Waals surface area contributed by atoms with Crippen LogP contribution in [0.15, 0.2) is 0 Å². The third kappa shape index (κ3) is 4.64. The maximum Gasteiger partial charge on any atom is 0.305 e. The van der Waals surface area contributed by atoms with Crippen molar-refractivity contribution in [3.05, 3.63) is 0 Å². The minimum Gasteiger partial charge on any atom is -0.469 e. The molecule has 5 nitrogen and oxygen atoms in total. The van der Waals surface area contributed by atoms with Crippen LogP contribution in [0, 0.1) is 16.2 Å². The molecule has 0 amide bonds. The van der Waals surface area contributed by atoms with Crippen molar-refractivity contribution < 1.29 is 23.9 Å². The summed E-state index contributed by atoms with van der Waals surface area (Å²) in [4.78, 5) is 24.8. The van der Waals surface area contributed by atoms with Crippen molar-refractivity contribution in [1.82, 2.24) is 0 Å². The predicted octanol–water partition coefficient (Wildman–Crippen LogP) is 3.73. The van der Waals surface area contributed by atoms with E-state index in [0.29, 0.717) is 29.7 Å². The van der Waals surface area contributed by atoms with Gasteiger partial charge in [0.15, 0.2) is 5.78 Å². The number of carbonyl (C=O) groups is 2. The first-order valence-electron chi connectivity index (χ1n) is 11.2. The Morgan fingerprint density at radius 3 is 2.31 bits per heavy atom. The van der Waals surface area contributed by atoms with Gasteiger partial charge in [0.25, 0.3) is 0 Å². The zero-order valence-corrected chi connectivity index (χ0v) is 22.0. The third-order valence-corrected chi connectivity index (χ3v) is 8.67. The summed E-state index contributed by atoms with van der Waals surface area (Å²) in [6.07, 6.45) is 5.75. The van der Waals surface area contributed by atoms with E-state index in [1.54, 1.807) is 0 Å². The topological polar surface area (TPSA) is 72.8 Å². The van der Waals surface area contributed by atoms with E-state index in [1.807, 2.05) is 0 Å². The molecule has 0 saturated heterocycles. The number of rotatable bonds is 11. The Hall–Kier alpha value is -0.723. The second-order valence-corrected chi connectivity index (χ2v) is 10.7. The van der Waals surface area contributed by atoms with Crippen LogP contribution in [-0.2, 0) is 18.8 Å². The van der Waals surface area contributed by atoms with Crippen LogP contribution in [0.25, 0.3) is 0 Å². The quantitative estimate of drug-likeness (QED) is 0.308. The second kappa shape index (κ2) is 10.1. The molecule has 0 aliphatic heterocycles. The fourth-order valence-corrected chi connectivity index (χ4v) is 6.52. The molecule has 1 aliphatic rings. The number of aliphatic hydroxyl groups is 1. The third-order valence-electron chi connectivity index (χ3n) is 8.03. The smallest absolute Gasteiger partial charge is 0.305 e. The van der Waals surface area contributed by atoms with Gasteiger partial charge in [-0.3, -0.25) is 9.59 Å². The lowest BCUT2D eigenvalue weighted by Crippen LogP contribution is -2.62. The van der Waals surface area contributed by atoms with Gasteiger partial charge in [0.05, 0.1) is 13.2 Å². The van der Waals surface area contributed by atoms with Gasteiger partial charge in [-0.05, 0) is 30.1 Å². The van der Waals surface area contributed by atoms with Gasteiger partial charge in [0, 0.05) is 18.3 Å². The Kier molecular flexibility index (Phi) is 9.12. The Morgan fingerprint density at radius 2 is 1.83 bits per heavy atom. The number of unbranched alkanes of at least 4 members (excludes halogenated alkanes) is 3. The number of methoxy groups -OCH3 is 1. The average Bonchev–Trinajstić information content (AvgIpc) is 2.83. The van der Waals surface area contributed by atoms with E-state index in [9.17, 15) is 14.7 Å². The first kappa shape index (κ1) is 26.3. The van der Waals surface area contributed by atoms with E-state index in [1.165, 1.54) is 7.11 Å². The van der Waals surface area contributed by atoms with Gasteiger partial charge in [0.1, 0.15) is 16.1 Å². The van der Waals surface area contributed by atoms with Crippen LogP contribution < -0.4 is 0 Å². The molecule has 1 N–H and O–H groups in total. The van der Waals surface area contributed by atoms with Crippen LogP contribution >= 0.6 is 0 Å². The van der Waals surface area contributed by atoms with Crippen LogP contribution in [0.1, 0.15) is 99.3 Å². The lowest BCUT2D eigenvalue weighted by molar-refractivity contribution is -0.176. The van der Waals surface area contributed by atoms with Crippen molar-refractivity contribution in [3.63, 3.8) is 0 Å². The van der Waals surface area contributed by atoms with E-state index in [0.717, 1.165) is 38.5 Å². The van der Waals surface area contributed by atoms with Crippen molar-refractivity contribution in [3.8, 4) is 0 Å². The number of ketones is 1. The van der Waals surface area contributed by atoms with E-state index < -0.39 is 17.1 Å². The zero-order chi connectivity index (χ0) is 22.5. The van der Waals surface area contributed by atoms with Gasteiger partial charge in [-0.25, -0.2) is 0 Å². The lowest BCUT2D eigenvalue weighted by atomic mass is 9.50. The molecule has 29 heavy (non-hydrogen) atoms.